The molecule has 2 heterocycles. The standard InChI is InChI=1S/C28H18N4/c1-3-11-21(12-4-1)31-27(23-15-7-9-17-25(23)29-31)19-20-28-24-16-8-10-18-26(24)30-32(28)22-13-5-2-6-14-22/h1-18H. The predicted octanol–water partition coefficient (Wildman–Crippen LogP) is 5.76. The Labute approximate surface area is 185 Å². The van der Waals surface area contributed by atoms with Crippen LogP contribution in [0.1, 0.15) is 11.4 Å². The van der Waals surface area contributed by atoms with Gasteiger partial charge in [0.05, 0.1) is 22.4 Å². The van der Waals surface area contributed by atoms with Gasteiger partial charge in [0.15, 0.2) is 0 Å². The monoisotopic (exact) mass is 410 g/mol. The second-order valence-corrected chi connectivity index (χ2v) is 7.48. The van der Waals surface area contributed by atoms with Crippen molar-refractivity contribution in [2.75, 3.05) is 0 Å². The zero-order chi connectivity index (χ0) is 21.3. The fraction of sp³-hybridized carbons (Fsp3) is 0. The lowest BCUT2D eigenvalue weighted by atomic mass is 10.1. The summed E-state index contributed by atoms with van der Waals surface area (Å²) in [5.41, 5.74) is 5.52. The largest absolute Gasteiger partial charge is 0.224 e. The van der Waals surface area contributed by atoms with Crippen molar-refractivity contribution in [3.8, 4) is 23.2 Å². The highest BCUT2D eigenvalue weighted by Crippen LogP contribution is 2.23. The molecule has 0 radical (unpaired) electrons. The molecule has 6 aromatic rings. The van der Waals surface area contributed by atoms with Gasteiger partial charge in [0.2, 0.25) is 0 Å². The van der Waals surface area contributed by atoms with Crippen LogP contribution < -0.4 is 0 Å². The fourth-order valence-corrected chi connectivity index (χ4v) is 3.94. The molecule has 6 rings (SSSR count). The summed E-state index contributed by atoms with van der Waals surface area (Å²) in [7, 11) is 0. The van der Waals surface area contributed by atoms with E-state index in [4.69, 9.17) is 10.2 Å². The Kier molecular flexibility index (Phi) is 4.30. The molecular formula is C28H18N4. The van der Waals surface area contributed by atoms with Crippen molar-refractivity contribution in [3.05, 3.63) is 121 Å². The lowest BCUT2D eigenvalue weighted by Gasteiger charge is -2.04. The van der Waals surface area contributed by atoms with Crippen molar-refractivity contribution in [1.29, 1.82) is 0 Å². The molecule has 0 spiro atoms. The third kappa shape index (κ3) is 3.05. The van der Waals surface area contributed by atoms with E-state index in [-0.39, 0.29) is 0 Å². The number of hydrogen-bond acceptors (Lipinski definition) is 2. The van der Waals surface area contributed by atoms with Crippen LogP contribution in [0, 0.1) is 11.8 Å². The minimum atomic E-state index is 0.858. The van der Waals surface area contributed by atoms with Crippen molar-refractivity contribution in [2.24, 2.45) is 0 Å². The van der Waals surface area contributed by atoms with E-state index >= 15 is 0 Å². The van der Waals surface area contributed by atoms with E-state index in [2.05, 4.69) is 24.0 Å². The molecular weight excluding hydrogens is 392 g/mol. The number of benzene rings is 4. The number of aromatic nitrogens is 4. The van der Waals surface area contributed by atoms with Crippen molar-refractivity contribution < 1.29 is 0 Å². The first kappa shape index (κ1) is 18.2. The van der Waals surface area contributed by atoms with Crippen LogP contribution in [0.3, 0.4) is 0 Å². The molecule has 0 fully saturated rings. The number of hydrogen-bond donors (Lipinski definition) is 0. The summed E-state index contributed by atoms with van der Waals surface area (Å²) < 4.78 is 3.84. The molecule has 0 aliphatic heterocycles. The zero-order valence-corrected chi connectivity index (χ0v) is 17.2. The third-order valence-corrected chi connectivity index (χ3v) is 5.46. The van der Waals surface area contributed by atoms with Crippen molar-refractivity contribution in [2.45, 2.75) is 0 Å². The average Bonchev–Trinajstić information content (AvgIpc) is 3.42. The molecule has 0 atom stereocenters. The van der Waals surface area contributed by atoms with Crippen LogP contribution in [-0.4, -0.2) is 19.6 Å². The first-order chi connectivity index (χ1) is 15.9. The molecule has 4 nitrogen and oxygen atoms in total. The van der Waals surface area contributed by atoms with Gasteiger partial charge in [0, 0.05) is 10.8 Å². The van der Waals surface area contributed by atoms with Gasteiger partial charge < -0.3 is 0 Å². The first-order valence-corrected chi connectivity index (χ1v) is 10.5. The fourth-order valence-electron chi connectivity index (χ4n) is 3.94. The van der Waals surface area contributed by atoms with Crippen LogP contribution in [0.15, 0.2) is 109 Å². The van der Waals surface area contributed by atoms with Gasteiger partial charge in [-0.15, -0.1) is 0 Å². The average molecular weight is 410 g/mol. The lowest BCUT2D eigenvalue weighted by Crippen LogP contribution is -2.01. The number of rotatable bonds is 2. The smallest absolute Gasteiger partial charge is 0.125 e. The maximum Gasteiger partial charge on any atom is 0.125 e. The van der Waals surface area contributed by atoms with Gasteiger partial charge in [0.1, 0.15) is 11.4 Å². The molecule has 0 bridgehead atoms. The highest BCUT2D eigenvalue weighted by atomic mass is 15.3. The van der Waals surface area contributed by atoms with Crippen LogP contribution in [0.5, 0.6) is 0 Å². The zero-order valence-electron chi connectivity index (χ0n) is 17.2. The summed E-state index contributed by atoms with van der Waals surface area (Å²) in [5, 5.41) is 11.7. The molecule has 4 aromatic carbocycles. The normalized spacial score (nSPS) is 10.9. The van der Waals surface area contributed by atoms with Gasteiger partial charge in [-0.2, -0.15) is 10.2 Å². The van der Waals surface area contributed by atoms with E-state index < -0.39 is 0 Å². The van der Waals surface area contributed by atoms with E-state index in [0.717, 1.165) is 44.6 Å². The quantitative estimate of drug-likeness (QED) is 0.340. The number of fused-ring (bicyclic) bond motifs is 2. The van der Waals surface area contributed by atoms with Gasteiger partial charge in [-0.25, -0.2) is 9.36 Å². The molecule has 0 saturated heterocycles. The van der Waals surface area contributed by atoms with Crippen molar-refractivity contribution in [3.63, 3.8) is 0 Å². The van der Waals surface area contributed by atoms with Crippen LogP contribution >= 0.6 is 0 Å². The minimum absolute atomic E-state index is 0.858. The predicted molar refractivity (Wildman–Crippen MR) is 128 cm³/mol. The van der Waals surface area contributed by atoms with Crippen molar-refractivity contribution >= 4 is 21.8 Å². The van der Waals surface area contributed by atoms with Crippen LogP contribution in [0.4, 0.5) is 0 Å². The molecule has 150 valence electrons. The summed E-state index contributed by atoms with van der Waals surface area (Å²) in [4.78, 5) is 0. The van der Waals surface area contributed by atoms with Gasteiger partial charge in [-0.1, -0.05) is 60.7 Å². The lowest BCUT2D eigenvalue weighted by molar-refractivity contribution is 0.879. The highest BCUT2D eigenvalue weighted by Gasteiger charge is 2.13. The van der Waals surface area contributed by atoms with E-state index in [1.54, 1.807) is 0 Å². The maximum atomic E-state index is 4.82. The summed E-state index contributed by atoms with van der Waals surface area (Å²) in [6.07, 6.45) is 0. The molecule has 0 aliphatic carbocycles. The minimum Gasteiger partial charge on any atom is -0.224 e. The van der Waals surface area contributed by atoms with Crippen molar-refractivity contribution in [1.82, 2.24) is 19.6 Å². The van der Waals surface area contributed by atoms with Gasteiger partial charge in [-0.3, -0.25) is 0 Å². The Morgan fingerprint density at radius 2 is 0.812 bits per heavy atom. The van der Waals surface area contributed by atoms with Crippen LogP contribution in [-0.2, 0) is 0 Å². The Morgan fingerprint density at radius 1 is 0.438 bits per heavy atom. The molecule has 0 saturated carbocycles. The topological polar surface area (TPSA) is 35.6 Å². The molecule has 0 aliphatic rings. The Bertz CT molecular complexity index is 1490. The SMILES string of the molecule is C(#Cc1c2ccccc2nn1-c1ccccc1)c1c2ccccc2nn1-c1ccccc1. The first-order valence-electron chi connectivity index (χ1n) is 10.5. The second-order valence-electron chi connectivity index (χ2n) is 7.48. The van der Waals surface area contributed by atoms with E-state index in [9.17, 15) is 0 Å². The van der Waals surface area contributed by atoms with E-state index in [1.165, 1.54) is 0 Å². The van der Waals surface area contributed by atoms with E-state index in [1.807, 2.05) is 106 Å². The number of nitrogens with zero attached hydrogens (tertiary/aromatic N) is 4. The summed E-state index contributed by atoms with van der Waals surface area (Å²) in [6.45, 7) is 0. The number of para-hydroxylation sites is 2. The summed E-state index contributed by atoms with van der Waals surface area (Å²) in [5.74, 6) is 6.86. The molecule has 4 heteroatoms. The summed E-state index contributed by atoms with van der Waals surface area (Å²) in [6, 6.07) is 36.4. The van der Waals surface area contributed by atoms with Crippen LogP contribution in [0.2, 0.25) is 0 Å². The molecule has 0 amide bonds. The second kappa shape index (κ2) is 7.57. The Balaban J connectivity index is 1.60. The Morgan fingerprint density at radius 3 is 1.25 bits per heavy atom. The van der Waals surface area contributed by atoms with Gasteiger partial charge in [0.25, 0.3) is 0 Å². The van der Waals surface area contributed by atoms with E-state index in [0.29, 0.717) is 0 Å². The molecule has 0 unspecified atom stereocenters. The third-order valence-electron chi connectivity index (χ3n) is 5.46. The van der Waals surface area contributed by atoms with Crippen LogP contribution in [0.25, 0.3) is 33.2 Å². The van der Waals surface area contributed by atoms with Gasteiger partial charge >= 0.3 is 0 Å². The highest BCUT2D eigenvalue weighted by molar-refractivity contribution is 5.87. The Hall–Kier alpha value is -4.62. The molecule has 2 aromatic heterocycles. The molecule has 0 N–H and O–H groups in total. The maximum absolute atomic E-state index is 4.82. The van der Waals surface area contributed by atoms with Gasteiger partial charge in [-0.05, 0) is 60.4 Å². The molecule has 32 heavy (non-hydrogen) atoms. The summed E-state index contributed by atoms with van der Waals surface area (Å²) >= 11 is 0.